The quantitative estimate of drug-likeness (QED) is 0.0780. The fourth-order valence-corrected chi connectivity index (χ4v) is 1.23. The van der Waals surface area contributed by atoms with Crippen LogP contribution in [0.25, 0.3) is 10.4 Å². The van der Waals surface area contributed by atoms with E-state index in [9.17, 15) is 20.1 Å². The second kappa shape index (κ2) is 7.97. The van der Waals surface area contributed by atoms with Gasteiger partial charge in [0.05, 0.1) is 6.61 Å². The molecule has 120 valence electrons. The van der Waals surface area contributed by atoms with Gasteiger partial charge in [0.25, 0.3) is 9.52 Å². The number of aldehydes is 1. The van der Waals surface area contributed by atoms with Crippen molar-refractivity contribution in [2.75, 3.05) is 6.61 Å². The Bertz CT molecular complexity index is 440. The zero-order valence-corrected chi connectivity index (χ0v) is 12.4. The highest BCUT2D eigenvalue weighted by molar-refractivity contribution is 6.76. The second-order valence-corrected chi connectivity index (χ2v) is 5.95. The van der Waals surface area contributed by atoms with Crippen molar-refractivity contribution in [1.82, 2.24) is 0 Å². The Balaban J connectivity index is 5.59. The predicted octanol–water partition coefficient (Wildman–Crippen LogP) is -0.369. The zero-order valence-electron chi connectivity index (χ0n) is 10.1. The summed E-state index contributed by atoms with van der Waals surface area (Å²) in [7, 11) is 0. The van der Waals surface area contributed by atoms with Crippen molar-refractivity contribution in [3.8, 4) is 0 Å². The molecule has 0 aromatic carbocycles. The molecule has 4 atom stereocenters. The number of nitrogens with zero attached hydrogens (tertiary/aromatic N) is 3. The van der Waals surface area contributed by atoms with Crippen LogP contribution in [0.5, 0.6) is 0 Å². The van der Waals surface area contributed by atoms with Crippen LogP contribution in [0.15, 0.2) is 5.11 Å². The normalized spacial score (nSPS) is 18.6. The minimum Gasteiger partial charge on any atom is -0.454 e. The third-order valence-electron chi connectivity index (χ3n) is 2.22. The van der Waals surface area contributed by atoms with Gasteiger partial charge >= 0.3 is 0 Å². The molecule has 10 nitrogen and oxygen atoms in total. The number of azide groups is 1. The van der Waals surface area contributed by atoms with Crippen LogP contribution in [0.3, 0.4) is 0 Å². The summed E-state index contributed by atoms with van der Waals surface area (Å²) in [6, 6.07) is 0. The van der Waals surface area contributed by atoms with Crippen LogP contribution in [0, 0.1) is 5.41 Å². The highest BCUT2D eigenvalue weighted by Crippen LogP contribution is 2.31. The molecule has 21 heavy (non-hydrogen) atoms. The molecule has 0 aromatic heterocycles. The second-order valence-electron chi connectivity index (χ2n) is 3.67. The van der Waals surface area contributed by atoms with Gasteiger partial charge in [-0.3, -0.25) is 10.2 Å². The van der Waals surface area contributed by atoms with E-state index >= 15 is 0 Å². The summed E-state index contributed by atoms with van der Waals surface area (Å²) in [5, 5.41) is 47.4. The number of halogens is 3. The summed E-state index contributed by atoms with van der Waals surface area (Å²) < 4.78 is 2.12. The van der Waals surface area contributed by atoms with Gasteiger partial charge in [0, 0.05) is 4.91 Å². The number of nitrogens with one attached hydrogen (secondary N) is 1. The monoisotopic (exact) mass is 364 g/mol. The summed E-state index contributed by atoms with van der Waals surface area (Å²) in [4.78, 5) is 13.3. The molecule has 0 spiro atoms. The minimum atomic E-state index is -2.88. The number of carbonyl (C=O) groups is 1. The molecule has 0 saturated carbocycles. The molecule has 0 unspecified atom stereocenters. The summed E-state index contributed by atoms with van der Waals surface area (Å²) >= 11 is 16.0. The van der Waals surface area contributed by atoms with Crippen LogP contribution >= 0.6 is 34.8 Å². The minimum absolute atomic E-state index is 0.254. The Morgan fingerprint density at radius 3 is 2.29 bits per heavy atom. The molecule has 0 rings (SSSR count). The number of aliphatic hydroxyl groups excluding tert-OH is 4. The van der Waals surface area contributed by atoms with E-state index in [2.05, 4.69) is 14.8 Å². The van der Waals surface area contributed by atoms with Gasteiger partial charge in [-0.05, 0) is 10.6 Å². The van der Waals surface area contributed by atoms with Crippen LogP contribution in [0.2, 0.25) is 0 Å². The smallest absolute Gasteiger partial charge is 0.271 e. The lowest BCUT2D eigenvalue weighted by atomic mass is 9.99. The van der Waals surface area contributed by atoms with Crippen LogP contribution in [0.4, 0.5) is 0 Å². The van der Waals surface area contributed by atoms with Gasteiger partial charge in [0.2, 0.25) is 5.90 Å². The van der Waals surface area contributed by atoms with Crippen molar-refractivity contribution in [2.24, 2.45) is 5.11 Å². The lowest BCUT2D eigenvalue weighted by Gasteiger charge is -2.34. The lowest BCUT2D eigenvalue weighted by molar-refractivity contribution is -0.159. The average Bonchev–Trinajstić information content (AvgIpc) is 2.42. The van der Waals surface area contributed by atoms with Gasteiger partial charge in [-0.2, -0.15) is 0 Å². The number of rotatable bonds is 7. The van der Waals surface area contributed by atoms with Crippen molar-refractivity contribution in [3.63, 3.8) is 0 Å². The molecule has 0 aliphatic heterocycles. The summed E-state index contributed by atoms with van der Waals surface area (Å²) in [5.41, 5.74) is 5.54. The van der Waals surface area contributed by atoms with Crippen LogP contribution in [0.1, 0.15) is 0 Å². The molecule has 0 aromatic rings. The van der Waals surface area contributed by atoms with Gasteiger partial charge in [0.15, 0.2) is 6.29 Å². The molecule has 13 heteroatoms. The molecule has 0 aliphatic carbocycles. The van der Waals surface area contributed by atoms with Gasteiger partial charge in [0.1, 0.15) is 18.3 Å². The van der Waals surface area contributed by atoms with Crippen molar-refractivity contribution < 1.29 is 30.0 Å². The van der Waals surface area contributed by atoms with E-state index < -0.39 is 40.3 Å². The maximum Gasteiger partial charge on any atom is 0.271 e. The maximum atomic E-state index is 11.1. The van der Waals surface area contributed by atoms with E-state index in [0.29, 0.717) is 0 Å². The summed E-state index contributed by atoms with van der Waals surface area (Å²) in [6.07, 6.45) is -6.66. The fraction of sp³-hybridized carbons (Fsp3) is 0.750. The number of hydrogen-bond acceptors (Lipinski definition) is 8. The van der Waals surface area contributed by atoms with Crippen molar-refractivity contribution in [3.05, 3.63) is 10.4 Å². The molecule has 0 saturated heterocycles. The van der Waals surface area contributed by atoms with Gasteiger partial charge < -0.3 is 25.2 Å². The number of ether oxygens (including phenoxy) is 1. The third-order valence-corrected chi connectivity index (χ3v) is 2.74. The maximum absolute atomic E-state index is 11.1. The van der Waals surface area contributed by atoms with E-state index in [1.54, 1.807) is 0 Å². The molecular formula is C8H11Cl3N4O6. The van der Waals surface area contributed by atoms with Crippen molar-refractivity contribution in [2.45, 2.75) is 27.8 Å². The number of aliphatic hydroxyl groups is 4. The Morgan fingerprint density at radius 1 is 1.43 bits per heavy atom. The first-order chi connectivity index (χ1) is 9.55. The molecule has 0 fully saturated rings. The molecule has 0 radical (unpaired) electrons. The first-order valence-corrected chi connectivity index (χ1v) is 6.21. The topological polar surface area (TPSA) is 180 Å². The molecular weight excluding hydrogens is 354 g/mol. The number of hydrogen-bond donors (Lipinski definition) is 5. The van der Waals surface area contributed by atoms with Gasteiger partial charge in [-0.15, -0.1) is 0 Å². The fourth-order valence-electron chi connectivity index (χ4n) is 1.11. The summed E-state index contributed by atoms with van der Waals surface area (Å²) in [6.45, 7) is -0.981. The van der Waals surface area contributed by atoms with E-state index in [1.165, 1.54) is 0 Å². The third kappa shape index (κ3) is 5.13. The Labute approximate surface area is 132 Å². The largest absolute Gasteiger partial charge is 0.454 e. The summed E-state index contributed by atoms with van der Waals surface area (Å²) in [5.74, 6) is -1.18. The highest BCUT2D eigenvalue weighted by Gasteiger charge is 2.48. The van der Waals surface area contributed by atoms with E-state index in [1.807, 2.05) is 0 Å². The van der Waals surface area contributed by atoms with Gasteiger partial charge in [-0.1, -0.05) is 34.8 Å². The van der Waals surface area contributed by atoms with E-state index in [4.69, 9.17) is 50.8 Å². The first kappa shape index (κ1) is 20.2. The van der Waals surface area contributed by atoms with Crippen LogP contribution in [-0.2, 0) is 9.53 Å². The average molecular weight is 366 g/mol. The first-order valence-electron chi connectivity index (χ1n) is 5.08. The van der Waals surface area contributed by atoms with E-state index in [0.717, 1.165) is 0 Å². The SMILES string of the molecule is [N-]=[N+]=N[C@@](C=O)(OC(=N)C(Cl)(Cl)Cl)[C@@H](O)[C@@H](O)[C@H](O)CO. The zero-order chi connectivity index (χ0) is 16.8. The Hall–Kier alpha value is -0.840. The molecule has 0 amide bonds. The molecule has 0 heterocycles. The highest BCUT2D eigenvalue weighted by atomic mass is 35.6. The van der Waals surface area contributed by atoms with Gasteiger partial charge in [-0.25, -0.2) is 0 Å². The number of alkyl halides is 3. The molecule has 0 bridgehead atoms. The van der Waals surface area contributed by atoms with Crippen molar-refractivity contribution >= 4 is 47.0 Å². The van der Waals surface area contributed by atoms with E-state index in [-0.39, 0.29) is 6.29 Å². The lowest BCUT2D eigenvalue weighted by Crippen LogP contribution is -2.56. The Kier molecular flexibility index (Phi) is 7.65. The Morgan fingerprint density at radius 2 is 1.95 bits per heavy atom. The van der Waals surface area contributed by atoms with Crippen LogP contribution < -0.4 is 0 Å². The molecule has 0 aliphatic rings. The van der Waals surface area contributed by atoms with Crippen LogP contribution in [-0.4, -0.2) is 67.0 Å². The number of carbonyl (C=O) groups excluding carboxylic acids is 1. The predicted molar refractivity (Wildman–Crippen MR) is 72.1 cm³/mol. The van der Waals surface area contributed by atoms with Crippen molar-refractivity contribution in [1.29, 1.82) is 5.41 Å². The molecule has 5 N–H and O–H groups in total. The standard InChI is InChI=1S/C8H11Cl3N4O6/c9-8(10,11)6(12)21-7(2-17,14-15-13)5(20)4(19)3(18)1-16/h2-5,12,16,18-20H,1H2/t3-,4+,5+,7+/m1/s1.